The van der Waals surface area contributed by atoms with Crippen LogP contribution >= 0.6 is 0 Å². The van der Waals surface area contributed by atoms with Gasteiger partial charge in [-0.3, -0.25) is 0 Å². The molecule has 0 saturated carbocycles. The van der Waals surface area contributed by atoms with Crippen molar-refractivity contribution >= 4 is 87.1 Å². The molecule has 0 aliphatic carbocycles. The highest BCUT2D eigenvalue weighted by Gasteiger charge is 2.23. The fraction of sp³-hybridized carbons (Fsp3) is 0. The molecule has 3 nitrogen and oxygen atoms in total. The van der Waals surface area contributed by atoms with Crippen LogP contribution < -0.4 is 0 Å². The molecule has 0 saturated heterocycles. The van der Waals surface area contributed by atoms with Gasteiger partial charge in [0.05, 0.1) is 27.8 Å². The summed E-state index contributed by atoms with van der Waals surface area (Å²) in [5.74, 6) is 0. The maximum absolute atomic E-state index is 6.51. The third-order valence-corrected chi connectivity index (χ3v) is 10.1. The Morgan fingerprint density at radius 2 is 1.06 bits per heavy atom. The summed E-state index contributed by atoms with van der Waals surface area (Å²) < 4.78 is 11.4. The molecule has 11 rings (SSSR count). The Labute approximate surface area is 269 Å². The summed E-state index contributed by atoms with van der Waals surface area (Å²) in [6, 6.07) is 57.0. The number of para-hydroxylation sites is 3. The molecule has 0 atom stereocenters. The zero-order chi connectivity index (χ0) is 30.6. The van der Waals surface area contributed by atoms with Crippen LogP contribution in [0.4, 0.5) is 0 Å². The van der Waals surface area contributed by atoms with Crippen molar-refractivity contribution in [3.8, 4) is 11.4 Å². The molecular formula is C44H26N2O. The predicted octanol–water partition coefficient (Wildman–Crippen LogP) is 12.1. The Balaban J connectivity index is 1.41. The molecule has 0 unspecified atom stereocenters. The number of hydrogen-bond acceptors (Lipinski definition) is 1. The first kappa shape index (κ1) is 24.9. The number of hydrogen-bond donors (Lipinski definition) is 0. The Hall–Kier alpha value is -6.32. The number of aromatic nitrogens is 2. The van der Waals surface area contributed by atoms with Gasteiger partial charge < -0.3 is 13.6 Å². The molecule has 0 fully saturated rings. The molecule has 0 spiro atoms. The van der Waals surface area contributed by atoms with Gasteiger partial charge in [0.2, 0.25) is 0 Å². The van der Waals surface area contributed by atoms with Crippen molar-refractivity contribution < 1.29 is 4.42 Å². The molecule has 3 heteroatoms. The quantitative estimate of drug-likeness (QED) is 0.182. The minimum Gasteiger partial charge on any atom is -0.456 e. The minimum atomic E-state index is 0.899. The fourth-order valence-electron chi connectivity index (χ4n) is 8.10. The third kappa shape index (κ3) is 3.30. The van der Waals surface area contributed by atoms with Gasteiger partial charge in [0.25, 0.3) is 0 Å². The van der Waals surface area contributed by atoms with Crippen LogP contribution in [0.5, 0.6) is 0 Å². The highest BCUT2D eigenvalue weighted by Crippen LogP contribution is 2.45. The van der Waals surface area contributed by atoms with Gasteiger partial charge in [-0.25, -0.2) is 0 Å². The standard InChI is InChI=1S/C44H26N2O/c1-2-13-28(14-3-1)45-37-20-10-8-19-34(37)43-38(45)23-22-33-35-25-36-32-18-9-11-21-41(32)47-42(36)26-40(35)46(44(33)43)39-24-27-12-4-5-15-29(27)30-16-6-7-17-31(30)39/h1-26H. The van der Waals surface area contributed by atoms with Crippen LogP contribution in [0.15, 0.2) is 162 Å². The van der Waals surface area contributed by atoms with Crippen LogP contribution in [0.25, 0.3) is 98.5 Å². The monoisotopic (exact) mass is 598 g/mol. The maximum atomic E-state index is 6.51. The van der Waals surface area contributed by atoms with Crippen molar-refractivity contribution in [2.75, 3.05) is 0 Å². The molecule has 8 aromatic carbocycles. The fourth-order valence-corrected chi connectivity index (χ4v) is 8.10. The van der Waals surface area contributed by atoms with Crippen molar-refractivity contribution in [1.29, 1.82) is 0 Å². The summed E-state index contributed by atoms with van der Waals surface area (Å²) in [6.45, 7) is 0. The predicted molar refractivity (Wildman–Crippen MR) is 197 cm³/mol. The first-order valence-corrected chi connectivity index (χ1v) is 16.1. The Morgan fingerprint density at radius 3 is 1.94 bits per heavy atom. The Morgan fingerprint density at radius 1 is 0.362 bits per heavy atom. The van der Waals surface area contributed by atoms with Crippen LogP contribution in [-0.2, 0) is 0 Å². The van der Waals surface area contributed by atoms with E-state index in [0.717, 1.165) is 33.1 Å². The van der Waals surface area contributed by atoms with Crippen molar-refractivity contribution in [3.05, 3.63) is 158 Å². The molecule has 0 amide bonds. The lowest BCUT2D eigenvalue weighted by molar-refractivity contribution is 0.669. The Kier molecular flexibility index (Phi) is 4.84. The number of fused-ring (bicyclic) bond motifs is 13. The van der Waals surface area contributed by atoms with Crippen molar-refractivity contribution in [3.63, 3.8) is 0 Å². The van der Waals surface area contributed by atoms with Crippen LogP contribution in [0.2, 0.25) is 0 Å². The van der Waals surface area contributed by atoms with Gasteiger partial charge in [-0.2, -0.15) is 0 Å². The van der Waals surface area contributed by atoms with E-state index in [1.54, 1.807) is 0 Å². The van der Waals surface area contributed by atoms with E-state index in [2.05, 4.69) is 161 Å². The van der Waals surface area contributed by atoms with Crippen LogP contribution in [0.1, 0.15) is 0 Å². The van der Waals surface area contributed by atoms with Crippen molar-refractivity contribution in [1.82, 2.24) is 9.13 Å². The van der Waals surface area contributed by atoms with E-state index in [1.807, 2.05) is 6.07 Å². The van der Waals surface area contributed by atoms with Crippen LogP contribution in [0, 0.1) is 0 Å². The molecular weight excluding hydrogens is 572 g/mol. The number of benzene rings is 8. The van der Waals surface area contributed by atoms with E-state index >= 15 is 0 Å². The lowest BCUT2D eigenvalue weighted by Gasteiger charge is -2.15. The second-order valence-corrected chi connectivity index (χ2v) is 12.5. The first-order valence-electron chi connectivity index (χ1n) is 16.1. The highest BCUT2D eigenvalue weighted by atomic mass is 16.3. The zero-order valence-corrected chi connectivity index (χ0v) is 25.3. The summed E-state index contributed by atoms with van der Waals surface area (Å²) in [5, 5.41) is 12.2. The normalized spacial score (nSPS) is 12.3. The summed E-state index contributed by atoms with van der Waals surface area (Å²) in [5.41, 5.74) is 8.86. The molecule has 3 aromatic heterocycles. The minimum absolute atomic E-state index is 0.899. The van der Waals surface area contributed by atoms with E-state index in [9.17, 15) is 0 Å². The molecule has 0 bridgehead atoms. The second-order valence-electron chi connectivity index (χ2n) is 12.5. The molecule has 0 aliphatic rings. The second kappa shape index (κ2) is 9.12. The molecule has 3 heterocycles. The summed E-state index contributed by atoms with van der Waals surface area (Å²) in [6.07, 6.45) is 0. The maximum Gasteiger partial charge on any atom is 0.137 e. The van der Waals surface area contributed by atoms with Gasteiger partial charge in [0.1, 0.15) is 11.2 Å². The van der Waals surface area contributed by atoms with E-state index < -0.39 is 0 Å². The van der Waals surface area contributed by atoms with E-state index in [4.69, 9.17) is 4.42 Å². The molecule has 0 radical (unpaired) electrons. The van der Waals surface area contributed by atoms with Crippen LogP contribution in [-0.4, -0.2) is 9.13 Å². The van der Waals surface area contributed by atoms with E-state index in [0.29, 0.717) is 0 Å². The first-order chi connectivity index (χ1) is 23.3. The van der Waals surface area contributed by atoms with Gasteiger partial charge in [0.15, 0.2) is 0 Å². The summed E-state index contributed by atoms with van der Waals surface area (Å²) in [4.78, 5) is 0. The average molecular weight is 599 g/mol. The topological polar surface area (TPSA) is 23.0 Å². The lowest BCUT2D eigenvalue weighted by atomic mass is 10.00. The van der Waals surface area contributed by atoms with E-state index in [1.165, 1.54) is 65.3 Å². The largest absolute Gasteiger partial charge is 0.456 e. The molecule has 11 aromatic rings. The molecule has 47 heavy (non-hydrogen) atoms. The molecule has 0 N–H and O–H groups in total. The zero-order valence-electron chi connectivity index (χ0n) is 25.3. The number of furan rings is 1. The van der Waals surface area contributed by atoms with Gasteiger partial charge in [-0.15, -0.1) is 0 Å². The van der Waals surface area contributed by atoms with Gasteiger partial charge in [-0.05, 0) is 58.6 Å². The smallest absolute Gasteiger partial charge is 0.137 e. The number of rotatable bonds is 2. The van der Waals surface area contributed by atoms with E-state index in [-0.39, 0.29) is 0 Å². The van der Waals surface area contributed by atoms with Crippen molar-refractivity contribution in [2.45, 2.75) is 0 Å². The van der Waals surface area contributed by atoms with Gasteiger partial charge in [-0.1, -0.05) is 109 Å². The van der Waals surface area contributed by atoms with Gasteiger partial charge in [0, 0.05) is 49.5 Å². The molecule has 218 valence electrons. The third-order valence-electron chi connectivity index (χ3n) is 10.1. The average Bonchev–Trinajstić information content (AvgIpc) is 3.77. The summed E-state index contributed by atoms with van der Waals surface area (Å²) >= 11 is 0. The lowest BCUT2D eigenvalue weighted by Crippen LogP contribution is -1.97. The molecule has 0 aliphatic heterocycles. The van der Waals surface area contributed by atoms with Gasteiger partial charge >= 0.3 is 0 Å². The van der Waals surface area contributed by atoms with Crippen molar-refractivity contribution in [2.24, 2.45) is 0 Å². The Bertz CT molecular complexity index is 3070. The summed E-state index contributed by atoms with van der Waals surface area (Å²) in [7, 11) is 0. The van der Waals surface area contributed by atoms with Crippen LogP contribution in [0.3, 0.4) is 0 Å². The number of nitrogens with zero attached hydrogens (tertiary/aromatic N) is 2. The SMILES string of the molecule is c1ccc(-n2c3ccccc3c3c2ccc2c4cc5c(cc4n(-c4cc6ccccc6c6ccccc46)c23)oc2ccccc25)cc1. The highest BCUT2D eigenvalue weighted by molar-refractivity contribution is 6.28.